The fourth-order valence-electron chi connectivity index (χ4n) is 4.95. The molecule has 0 fully saturated rings. The Morgan fingerprint density at radius 2 is 1.80 bits per heavy atom. The summed E-state index contributed by atoms with van der Waals surface area (Å²) in [5.41, 5.74) is 3.13. The van der Waals surface area contributed by atoms with Gasteiger partial charge in [0.15, 0.2) is 11.6 Å². The van der Waals surface area contributed by atoms with Gasteiger partial charge < -0.3 is 19.5 Å². The highest BCUT2D eigenvalue weighted by molar-refractivity contribution is 6.00. The Bertz CT molecular complexity index is 1300. The average molecular weight is 475 g/mol. The number of nitrogens with zero attached hydrogens (tertiary/aromatic N) is 3. The molecule has 1 aliphatic heterocycles. The number of benzene rings is 2. The SMILES string of the molecule is CCOc1ccccc1C1C2=C(CC(C)(C)CC2=O)Nc2nc(-c3cc(OC)cc(OC)c3)nn21. The molecule has 182 valence electrons. The van der Waals surface area contributed by atoms with E-state index in [1.807, 2.05) is 43.3 Å². The van der Waals surface area contributed by atoms with E-state index in [-0.39, 0.29) is 11.2 Å². The van der Waals surface area contributed by atoms with E-state index in [1.165, 1.54) is 0 Å². The van der Waals surface area contributed by atoms with Gasteiger partial charge in [-0.15, -0.1) is 5.10 Å². The molecule has 1 aromatic heterocycles. The van der Waals surface area contributed by atoms with Gasteiger partial charge in [-0.05, 0) is 37.0 Å². The first-order chi connectivity index (χ1) is 16.8. The molecule has 2 aromatic carbocycles. The minimum absolute atomic E-state index is 0.116. The van der Waals surface area contributed by atoms with Gasteiger partial charge in [0.1, 0.15) is 23.3 Å². The van der Waals surface area contributed by atoms with E-state index in [0.717, 1.165) is 34.6 Å². The molecule has 8 nitrogen and oxygen atoms in total. The first-order valence-corrected chi connectivity index (χ1v) is 11.8. The van der Waals surface area contributed by atoms with Crippen LogP contribution < -0.4 is 19.5 Å². The largest absolute Gasteiger partial charge is 0.497 e. The lowest BCUT2D eigenvalue weighted by atomic mass is 9.73. The fraction of sp³-hybridized carbons (Fsp3) is 0.370. The van der Waals surface area contributed by atoms with Crippen LogP contribution in [-0.4, -0.2) is 41.4 Å². The average Bonchev–Trinajstić information content (AvgIpc) is 3.26. The maximum atomic E-state index is 13.5. The molecular formula is C27H30N4O4. The maximum Gasteiger partial charge on any atom is 0.226 e. The van der Waals surface area contributed by atoms with Crippen LogP contribution in [0.5, 0.6) is 17.2 Å². The molecule has 1 N–H and O–H groups in total. The predicted molar refractivity (Wildman–Crippen MR) is 133 cm³/mol. The number of carbonyl (C=O) groups excluding carboxylic acids is 1. The number of hydrogen-bond acceptors (Lipinski definition) is 7. The van der Waals surface area contributed by atoms with Crippen molar-refractivity contribution in [2.24, 2.45) is 5.41 Å². The number of methoxy groups -OCH3 is 2. The van der Waals surface area contributed by atoms with Crippen LogP contribution in [0.3, 0.4) is 0 Å². The van der Waals surface area contributed by atoms with Crippen molar-refractivity contribution < 1.29 is 19.0 Å². The van der Waals surface area contributed by atoms with Crippen LogP contribution >= 0.6 is 0 Å². The zero-order chi connectivity index (χ0) is 24.7. The first-order valence-electron chi connectivity index (χ1n) is 11.8. The van der Waals surface area contributed by atoms with E-state index in [1.54, 1.807) is 25.0 Å². The van der Waals surface area contributed by atoms with Crippen molar-refractivity contribution in [2.75, 3.05) is 26.1 Å². The third kappa shape index (κ3) is 4.13. The smallest absolute Gasteiger partial charge is 0.226 e. The van der Waals surface area contributed by atoms with Gasteiger partial charge in [0.2, 0.25) is 5.95 Å². The topological polar surface area (TPSA) is 87.5 Å². The van der Waals surface area contributed by atoms with Gasteiger partial charge in [-0.1, -0.05) is 32.0 Å². The van der Waals surface area contributed by atoms with Gasteiger partial charge in [-0.2, -0.15) is 4.98 Å². The summed E-state index contributed by atoms with van der Waals surface area (Å²) < 4.78 is 18.6. The van der Waals surface area contributed by atoms with Gasteiger partial charge in [-0.25, -0.2) is 4.68 Å². The second kappa shape index (κ2) is 8.76. The minimum Gasteiger partial charge on any atom is -0.497 e. The summed E-state index contributed by atoms with van der Waals surface area (Å²) in [6, 6.07) is 12.9. The van der Waals surface area contributed by atoms with Crippen molar-refractivity contribution in [1.29, 1.82) is 0 Å². The van der Waals surface area contributed by atoms with Gasteiger partial charge in [-0.3, -0.25) is 4.79 Å². The van der Waals surface area contributed by atoms with E-state index in [0.29, 0.717) is 36.3 Å². The van der Waals surface area contributed by atoms with E-state index in [9.17, 15) is 4.79 Å². The summed E-state index contributed by atoms with van der Waals surface area (Å²) in [4.78, 5) is 18.3. The standard InChI is InChI=1S/C27H30N4O4/c1-6-35-22-10-8-7-9-19(22)24-23-20(14-27(2,3)15-21(23)32)28-26-29-25(30-31(24)26)16-11-17(33-4)13-18(12-16)34-5/h7-13,24H,6,14-15H2,1-5H3,(H,28,29,30). The molecule has 1 aliphatic carbocycles. The summed E-state index contributed by atoms with van der Waals surface area (Å²) in [5.74, 6) is 3.24. The summed E-state index contributed by atoms with van der Waals surface area (Å²) in [7, 11) is 3.22. The molecule has 0 spiro atoms. The quantitative estimate of drug-likeness (QED) is 0.537. The second-order valence-corrected chi connectivity index (χ2v) is 9.64. The normalized spacial score (nSPS) is 18.4. The highest BCUT2D eigenvalue weighted by Crippen LogP contribution is 2.47. The number of ketones is 1. The van der Waals surface area contributed by atoms with Crippen LogP contribution in [0.25, 0.3) is 11.4 Å². The highest BCUT2D eigenvalue weighted by Gasteiger charge is 2.42. The number of Topliss-reactive ketones (excluding diaryl/α,β-unsaturated/α-hetero) is 1. The van der Waals surface area contributed by atoms with E-state index < -0.39 is 6.04 Å². The van der Waals surface area contributed by atoms with Crippen LogP contribution in [0.2, 0.25) is 0 Å². The van der Waals surface area contributed by atoms with Crippen LogP contribution in [-0.2, 0) is 4.79 Å². The lowest BCUT2D eigenvalue weighted by Crippen LogP contribution is -2.36. The van der Waals surface area contributed by atoms with Crippen molar-refractivity contribution in [1.82, 2.24) is 14.8 Å². The molecule has 35 heavy (non-hydrogen) atoms. The molecule has 3 aromatic rings. The van der Waals surface area contributed by atoms with Gasteiger partial charge in [0.05, 0.1) is 20.8 Å². The zero-order valence-electron chi connectivity index (χ0n) is 20.7. The van der Waals surface area contributed by atoms with Crippen molar-refractivity contribution in [3.63, 3.8) is 0 Å². The Hall–Kier alpha value is -3.81. The molecule has 1 atom stereocenters. The number of para-hydroxylation sites is 1. The van der Waals surface area contributed by atoms with Crippen molar-refractivity contribution in [3.05, 3.63) is 59.3 Å². The van der Waals surface area contributed by atoms with Crippen LogP contribution in [0.15, 0.2) is 53.7 Å². The highest BCUT2D eigenvalue weighted by atomic mass is 16.5. The molecule has 0 saturated heterocycles. The Morgan fingerprint density at radius 1 is 1.09 bits per heavy atom. The Morgan fingerprint density at radius 3 is 2.49 bits per heavy atom. The van der Waals surface area contributed by atoms with Gasteiger partial charge in [0.25, 0.3) is 0 Å². The summed E-state index contributed by atoms with van der Waals surface area (Å²) >= 11 is 0. The Balaban J connectivity index is 1.70. The molecular weight excluding hydrogens is 444 g/mol. The summed E-state index contributed by atoms with van der Waals surface area (Å²) in [6.07, 6.45) is 1.22. The van der Waals surface area contributed by atoms with Crippen LogP contribution in [0, 0.1) is 5.41 Å². The number of carbonyl (C=O) groups is 1. The van der Waals surface area contributed by atoms with Crippen molar-refractivity contribution in [2.45, 2.75) is 39.7 Å². The molecule has 2 aliphatic rings. The Labute approximate surface area is 204 Å². The van der Waals surface area contributed by atoms with Gasteiger partial charge >= 0.3 is 0 Å². The number of hydrogen-bond donors (Lipinski definition) is 1. The monoisotopic (exact) mass is 474 g/mol. The lowest BCUT2D eigenvalue weighted by Gasteiger charge is -2.38. The molecule has 0 saturated carbocycles. The van der Waals surface area contributed by atoms with Crippen molar-refractivity contribution in [3.8, 4) is 28.6 Å². The fourth-order valence-corrected chi connectivity index (χ4v) is 4.95. The number of fused-ring (bicyclic) bond motifs is 1. The van der Waals surface area contributed by atoms with Crippen LogP contribution in [0.1, 0.15) is 45.2 Å². The molecule has 0 bridgehead atoms. The number of aromatic nitrogens is 3. The first kappa shape index (κ1) is 23.0. The number of anilines is 1. The molecule has 2 heterocycles. The molecule has 0 radical (unpaired) electrons. The maximum absolute atomic E-state index is 13.5. The van der Waals surface area contributed by atoms with Gasteiger partial charge in [0, 0.05) is 34.9 Å². The predicted octanol–water partition coefficient (Wildman–Crippen LogP) is 5.02. The number of nitrogens with one attached hydrogen (secondary N) is 1. The molecule has 1 unspecified atom stereocenters. The van der Waals surface area contributed by atoms with E-state index in [2.05, 4.69) is 19.2 Å². The third-order valence-electron chi connectivity index (χ3n) is 6.46. The van der Waals surface area contributed by atoms with E-state index >= 15 is 0 Å². The summed E-state index contributed by atoms with van der Waals surface area (Å²) in [6.45, 7) is 6.71. The number of allylic oxidation sites excluding steroid dienone is 2. The lowest BCUT2D eigenvalue weighted by molar-refractivity contribution is -0.118. The van der Waals surface area contributed by atoms with Crippen molar-refractivity contribution >= 4 is 11.7 Å². The minimum atomic E-state index is -0.443. The number of ether oxygens (including phenoxy) is 3. The van der Waals surface area contributed by atoms with E-state index in [4.69, 9.17) is 24.3 Å². The summed E-state index contributed by atoms with van der Waals surface area (Å²) in [5, 5.41) is 8.31. The third-order valence-corrected chi connectivity index (χ3v) is 6.46. The molecule has 0 amide bonds. The second-order valence-electron chi connectivity index (χ2n) is 9.64. The zero-order valence-corrected chi connectivity index (χ0v) is 20.7. The number of rotatable bonds is 6. The van der Waals surface area contributed by atoms with Crippen LogP contribution in [0.4, 0.5) is 5.95 Å². The Kier molecular flexibility index (Phi) is 5.75. The molecule has 8 heteroatoms. The molecule has 5 rings (SSSR count).